The van der Waals surface area contributed by atoms with Gasteiger partial charge in [0.05, 0.1) is 6.61 Å². The Morgan fingerprint density at radius 1 is 0.885 bits per heavy atom. The average Bonchev–Trinajstić information content (AvgIpc) is 2.98. The number of fused-ring (bicyclic) bond motifs is 5. The zero-order valence-corrected chi connectivity index (χ0v) is 17.6. The van der Waals surface area contributed by atoms with Crippen molar-refractivity contribution < 1.29 is 5.11 Å². The summed E-state index contributed by atoms with van der Waals surface area (Å²) in [5.41, 5.74) is 1.27. The van der Waals surface area contributed by atoms with Gasteiger partial charge in [-0.2, -0.15) is 0 Å². The van der Waals surface area contributed by atoms with Crippen LogP contribution in [-0.2, 0) is 0 Å². The first-order chi connectivity index (χ1) is 12.5. The number of hydrogen-bond donors (Lipinski definition) is 1. The second-order valence-electron chi connectivity index (χ2n) is 11.0. The van der Waals surface area contributed by atoms with Gasteiger partial charge in [-0.05, 0) is 104 Å². The SMILES string of the molecule is C[C@H](CC=CCO)[C@H]1CC[C@H]2[C@@H]3CCC4CCCC[C@]4(C)[C@H]3CC[C@]12C. The van der Waals surface area contributed by atoms with E-state index in [0.717, 1.165) is 41.9 Å². The first kappa shape index (κ1) is 19.0. The Kier molecular flexibility index (Phi) is 5.32. The molecule has 26 heavy (non-hydrogen) atoms. The predicted octanol–water partition coefficient (Wildman–Crippen LogP) is 6.61. The molecule has 0 spiro atoms. The van der Waals surface area contributed by atoms with Gasteiger partial charge < -0.3 is 5.11 Å². The highest BCUT2D eigenvalue weighted by atomic mass is 16.2. The van der Waals surface area contributed by atoms with Gasteiger partial charge >= 0.3 is 0 Å². The van der Waals surface area contributed by atoms with Crippen molar-refractivity contribution in [3.8, 4) is 0 Å². The van der Waals surface area contributed by atoms with Crippen molar-refractivity contribution in [2.45, 2.75) is 91.4 Å². The lowest BCUT2D eigenvalue weighted by atomic mass is 9.44. The summed E-state index contributed by atoms with van der Waals surface area (Å²) in [5, 5.41) is 9.04. The molecular formula is C25H42O. The Morgan fingerprint density at radius 3 is 2.50 bits per heavy atom. The Bertz CT molecular complexity index is 524. The molecule has 0 radical (unpaired) electrons. The number of aliphatic hydroxyl groups is 1. The van der Waals surface area contributed by atoms with Crippen molar-refractivity contribution in [1.82, 2.24) is 0 Å². The summed E-state index contributed by atoms with van der Waals surface area (Å²) in [5.74, 6) is 5.76. The van der Waals surface area contributed by atoms with E-state index in [4.69, 9.17) is 5.11 Å². The molecule has 0 bridgehead atoms. The van der Waals surface area contributed by atoms with Crippen LogP contribution in [-0.4, -0.2) is 11.7 Å². The van der Waals surface area contributed by atoms with Crippen LogP contribution in [0.2, 0.25) is 0 Å². The Morgan fingerprint density at radius 2 is 1.69 bits per heavy atom. The molecule has 0 amide bonds. The summed E-state index contributed by atoms with van der Waals surface area (Å²) in [6.07, 6.45) is 20.4. The van der Waals surface area contributed by atoms with Gasteiger partial charge in [-0.25, -0.2) is 0 Å². The molecule has 4 fully saturated rings. The minimum atomic E-state index is 0.195. The number of hydrogen-bond acceptors (Lipinski definition) is 1. The first-order valence-electron chi connectivity index (χ1n) is 11.8. The highest BCUT2D eigenvalue weighted by Crippen LogP contribution is 2.68. The standard InChI is InChI=1S/C25H42O/c1-18(8-5-7-17-26)21-12-13-22-20-11-10-19-9-4-6-15-24(19,2)23(20)14-16-25(21,22)3/h5,7,18-23,26H,4,6,8-17H2,1-3H3/t18-,19?,20+,21-,22+,23+,24+,25-/m1/s1. The van der Waals surface area contributed by atoms with Crippen molar-refractivity contribution in [2.24, 2.45) is 46.3 Å². The summed E-state index contributed by atoms with van der Waals surface area (Å²) in [6.45, 7) is 8.05. The quantitative estimate of drug-likeness (QED) is 0.561. The number of aliphatic hydroxyl groups excluding tert-OH is 1. The van der Waals surface area contributed by atoms with E-state index in [1.807, 2.05) is 6.08 Å². The molecule has 1 unspecified atom stereocenters. The van der Waals surface area contributed by atoms with Crippen molar-refractivity contribution in [2.75, 3.05) is 6.61 Å². The Balaban J connectivity index is 1.52. The Hall–Kier alpha value is -0.300. The molecule has 0 aromatic carbocycles. The molecule has 4 rings (SSSR count). The molecule has 0 aromatic rings. The molecule has 0 heterocycles. The summed E-state index contributed by atoms with van der Waals surface area (Å²) < 4.78 is 0. The van der Waals surface area contributed by atoms with Gasteiger partial charge in [-0.15, -0.1) is 0 Å². The molecule has 1 N–H and O–H groups in total. The van der Waals surface area contributed by atoms with Crippen LogP contribution in [0.1, 0.15) is 91.4 Å². The van der Waals surface area contributed by atoms with Crippen LogP contribution < -0.4 is 0 Å². The van der Waals surface area contributed by atoms with Gasteiger partial charge in [-0.3, -0.25) is 0 Å². The van der Waals surface area contributed by atoms with Crippen LogP contribution >= 0.6 is 0 Å². The summed E-state index contributed by atoms with van der Waals surface area (Å²) in [7, 11) is 0. The average molecular weight is 359 g/mol. The molecule has 0 aromatic heterocycles. The highest BCUT2D eigenvalue weighted by Gasteiger charge is 2.59. The van der Waals surface area contributed by atoms with Gasteiger partial charge in [-0.1, -0.05) is 45.8 Å². The van der Waals surface area contributed by atoms with Crippen LogP contribution in [0.25, 0.3) is 0 Å². The normalized spacial score (nSPS) is 49.5. The lowest BCUT2D eigenvalue weighted by Crippen LogP contribution is -2.53. The zero-order chi connectivity index (χ0) is 18.4. The molecule has 4 aliphatic carbocycles. The van der Waals surface area contributed by atoms with Gasteiger partial charge in [0.15, 0.2) is 0 Å². The molecule has 0 aliphatic heterocycles. The fourth-order valence-corrected chi connectivity index (χ4v) is 8.82. The van der Waals surface area contributed by atoms with Gasteiger partial charge in [0.1, 0.15) is 0 Å². The van der Waals surface area contributed by atoms with Gasteiger partial charge in [0.2, 0.25) is 0 Å². The first-order valence-corrected chi connectivity index (χ1v) is 11.8. The lowest BCUT2D eigenvalue weighted by Gasteiger charge is -2.61. The lowest BCUT2D eigenvalue weighted by molar-refractivity contribution is -0.114. The van der Waals surface area contributed by atoms with E-state index in [1.165, 1.54) is 64.2 Å². The van der Waals surface area contributed by atoms with Crippen molar-refractivity contribution in [3.63, 3.8) is 0 Å². The molecule has 4 aliphatic rings. The van der Waals surface area contributed by atoms with Gasteiger partial charge in [0, 0.05) is 0 Å². The van der Waals surface area contributed by atoms with Crippen LogP contribution in [0.5, 0.6) is 0 Å². The van der Waals surface area contributed by atoms with Crippen molar-refractivity contribution in [1.29, 1.82) is 0 Å². The van der Waals surface area contributed by atoms with E-state index >= 15 is 0 Å². The van der Waals surface area contributed by atoms with E-state index in [2.05, 4.69) is 26.8 Å². The van der Waals surface area contributed by atoms with Crippen LogP contribution in [0, 0.1) is 46.3 Å². The van der Waals surface area contributed by atoms with E-state index in [0.29, 0.717) is 10.8 Å². The van der Waals surface area contributed by atoms with E-state index < -0.39 is 0 Å². The molecule has 8 atom stereocenters. The molecule has 4 saturated carbocycles. The minimum Gasteiger partial charge on any atom is -0.392 e. The summed E-state index contributed by atoms with van der Waals surface area (Å²) in [6, 6.07) is 0. The largest absolute Gasteiger partial charge is 0.392 e. The van der Waals surface area contributed by atoms with E-state index in [1.54, 1.807) is 0 Å². The molecule has 1 nitrogen and oxygen atoms in total. The third-order valence-corrected chi connectivity index (χ3v) is 10.1. The minimum absolute atomic E-state index is 0.195. The van der Waals surface area contributed by atoms with E-state index in [9.17, 15) is 0 Å². The molecule has 0 saturated heterocycles. The summed E-state index contributed by atoms with van der Waals surface area (Å²) in [4.78, 5) is 0. The van der Waals surface area contributed by atoms with E-state index in [-0.39, 0.29) is 6.61 Å². The third kappa shape index (κ3) is 2.92. The number of allylic oxidation sites excluding steroid dienone is 1. The second kappa shape index (κ2) is 7.26. The van der Waals surface area contributed by atoms with Crippen LogP contribution in [0.4, 0.5) is 0 Å². The maximum absolute atomic E-state index is 9.04. The molecular weight excluding hydrogens is 316 g/mol. The monoisotopic (exact) mass is 358 g/mol. The van der Waals surface area contributed by atoms with Crippen LogP contribution in [0.3, 0.4) is 0 Å². The third-order valence-electron chi connectivity index (χ3n) is 10.1. The second-order valence-corrected chi connectivity index (χ2v) is 11.0. The van der Waals surface area contributed by atoms with Crippen molar-refractivity contribution in [3.05, 3.63) is 12.2 Å². The maximum Gasteiger partial charge on any atom is 0.0612 e. The topological polar surface area (TPSA) is 20.2 Å². The summed E-state index contributed by atoms with van der Waals surface area (Å²) >= 11 is 0. The fraction of sp³-hybridized carbons (Fsp3) is 0.920. The Labute approximate surface area is 162 Å². The predicted molar refractivity (Wildman–Crippen MR) is 110 cm³/mol. The highest BCUT2D eigenvalue weighted by molar-refractivity contribution is 5.09. The zero-order valence-electron chi connectivity index (χ0n) is 17.6. The smallest absolute Gasteiger partial charge is 0.0612 e. The fourth-order valence-electron chi connectivity index (χ4n) is 8.82. The van der Waals surface area contributed by atoms with Crippen molar-refractivity contribution >= 4 is 0 Å². The number of rotatable bonds is 4. The molecule has 1 heteroatoms. The van der Waals surface area contributed by atoms with Crippen LogP contribution in [0.15, 0.2) is 12.2 Å². The maximum atomic E-state index is 9.04. The van der Waals surface area contributed by atoms with Gasteiger partial charge in [0.25, 0.3) is 0 Å². The molecule has 148 valence electrons.